The predicted octanol–water partition coefficient (Wildman–Crippen LogP) is 1.89. The first kappa shape index (κ1) is 11.4. The third kappa shape index (κ3) is 2.21. The molecule has 0 saturated carbocycles. The fourth-order valence-electron chi connectivity index (χ4n) is 0.725. The zero-order valence-electron chi connectivity index (χ0n) is 6.45. The molecular weight excluding hydrogens is 420 g/mol. The average Bonchev–Trinajstić information content (AvgIpc) is 2.40. The Bertz CT molecular complexity index is 341. The van der Waals surface area contributed by atoms with Gasteiger partial charge >= 0.3 is 5.97 Å². The van der Waals surface area contributed by atoms with E-state index in [9.17, 15) is 4.79 Å². The van der Waals surface area contributed by atoms with Gasteiger partial charge in [-0.2, -0.15) is 0 Å². The van der Waals surface area contributed by atoms with Gasteiger partial charge in [-0.05, 0) is 8.93 Å². The molecule has 0 amide bonds. The molecule has 0 atom stereocenters. The van der Waals surface area contributed by atoms with Gasteiger partial charge in [0.25, 0.3) is 0 Å². The van der Waals surface area contributed by atoms with Crippen LogP contribution in [0.25, 0.3) is 0 Å². The number of hydrogen-bond acceptors (Lipinski definition) is 5. The molecule has 0 aromatic carbocycles. The van der Waals surface area contributed by atoms with E-state index in [-0.39, 0.29) is 11.5 Å². The van der Waals surface area contributed by atoms with Crippen molar-refractivity contribution in [2.24, 2.45) is 0 Å². The molecule has 1 aromatic heterocycles. The standard InChI is InChI=1S/C5H5I2N3O2S/c1-12-4(11)2-3(8)9-5(13-7)10(2)6/h8H2,1H3. The van der Waals surface area contributed by atoms with E-state index in [1.807, 2.05) is 22.9 Å². The Morgan fingerprint density at radius 2 is 2.38 bits per heavy atom. The molecule has 1 heterocycles. The number of hydrogen-bond donors (Lipinski definition) is 1. The molecule has 5 nitrogen and oxygen atoms in total. The summed E-state index contributed by atoms with van der Waals surface area (Å²) in [7, 11) is 2.69. The second-order valence-corrected chi connectivity index (χ2v) is 4.78. The van der Waals surface area contributed by atoms with Crippen LogP contribution in [0.3, 0.4) is 0 Å². The van der Waals surface area contributed by atoms with Gasteiger partial charge in [0.1, 0.15) is 0 Å². The minimum Gasteiger partial charge on any atom is -0.464 e. The quantitative estimate of drug-likeness (QED) is 0.580. The number of rotatable bonds is 2. The number of ether oxygens (including phenoxy) is 1. The monoisotopic (exact) mass is 425 g/mol. The molecule has 1 aromatic rings. The van der Waals surface area contributed by atoms with Crippen molar-refractivity contribution in [3.63, 3.8) is 0 Å². The van der Waals surface area contributed by atoms with Crippen molar-refractivity contribution >= 4 is 64.8 Å². The van der Waals surface area contributed by atoms with Crippen molar-refractivity contribution in [1.82, 2.24) is 7.76 Å². The maximum absolute atomic E-state index is 11.2. The predicted molar refractivity (Wildman–Crippen MR) is 67.3 cm³/mol. The number of aromatic nitrogens is 2. The van der Waals surface area contributed by atoms with Crippen LogP contribution in [0.4, 0.5) is 5.82 Å². The van der Waals surface area contributed by atoms with Crippen LogP contribution >= 0.6 is 53.0 Å². The average molecular weight is 425 g/mol. The molecule has 0 unspecified atom stereocenters. The summed E-state index contributed by atoms with van der Waals surface area (Å²) in [6, 6.07) is 0. The molecule has 0 saturated heterocycles. The molecule has 0 fully saturated rings. The summed E-state index contributed by atoms with van der Waals surface area (Å²) in [6.07, 6.45) is 0. The molecule has 0 spiro atoms. The topological polar surface area (TPSA) is 70.1 Å². The first-order chi connectivity index (χ1) is 6.11. The lowest BCUT2D eigenvalue weighted by Crippen LogP contribution is -2.07. The number of anilines is 1. The summed E-state index contributed by atoms with van der Waals surface area (Å²) in [5.74, 6) is -0.281. The van der Waals surface area contributed by atoms with E-state index >= 15 is 0 Å². The summed E-state index contributed by atoms with van der Waals surface area (Å²) in [5, 5.41) is 0.666. The van der Waals surface area contributed by atoms with E-state index in [1.165, 1.54) is 16.0 Å². The van der Waals surface area contributed by atoms with Crippen LogP contribution < -0.4 is 5.73 Å². The summed E-state index contributed by atoms with van der Waals surface area (Å²) in [4.78, 5) is 15.2. The summed E-state index contributed by atoms with van der Waals surface area (Å²) in [6.45, 7) is 0. The van der Waals surface area contributed by atoms with E-state index in [4.69, 9.17) is 5.73 Å². The lowest BCUT2D eigenvalue weighted by molar-refractivity contribution is 0.0595. The van der Waals surface area contributed by atoms with Gasteiger partial charge < -0.3 is 10.5 Å². The number of methoxy groups -OCH3 is 1. The third-order valence-electron chi connectivity index (χ3n) is 1.27. The fraction of sp³-hybridized carbons (Fsp3) is 0.200. The molecule has 1 rings (SSSR count). The van der Waals surface area contributed by atoms with Gasteiger partial charge in [0.15, 0.2) is 16.7 Å². The summed E-state index contributed by atoms with van der Waals surface area (Å²) in [5.41, 5.74) is 5.82. The number of halogens is 2. The molecule has 2 N–H and O–H groups in total. The Morgan fingerprint density at radius 1 is 1.77 bits per heavy atom. The molecular formula is C5H5I2N3O2S. The van der Waals surface area contributed by atoms with Crippen LogP contribution in [-0.4, -0.2) is 20.8 Å². The van der Waals surface area contributed by atoms with Gasteiger partial charge in [0, 0.05) is 21.2 Å². The summed E-state index contributed by atoms with van der Waals surface area (Å²) < 4.78 is 6.14. The number of esters is 1. The molecule has 8 heteroatoms. The second-order valence-electron chi connectivity index (χ2n) is 1.98. The third-order valence-corrected chi connectivity index (χ3v) is 4.13. The number of carbonyl (C=O) groups excluding carboxylic acids is 1. The van der Waals surface area contributed by atoms with Crippen molar-refractivity contribution in [1.29, 1.82) is 0 Å². The highest BCUT2D eigenvalue weighted by Crippen LogP contribution is 2.30. The number of nitrogen functional groups attached to an aromatic ring is 1. The van der Waals surface area contributed by atoms with E-state index < -0.39 is 5.97 Å². The van der Waals surface area contributed by atoms with Crippen molar-refractivity contribution in [2.75, 3.05) is 12.8 Å². The van der Waals surface area contributed by atoms with Gasteiger partial charge in [-0.25, -0.2) is 12.6 Å². The molecule has 0 bridgehead atoms. The highest BCUT2D eigenvalue weighted by atomic mass is 127. The van der Waals surface area contributed by atoms with Crippen molar-refractivity contribution < 1.29 is 9.53 Å². The fourth-order valence-corrected chi connectivity index (χ4v) is 3.87. The number of nitrogens with two attached hydrogens (primary N) is 1. The Kier molecular flexibility index (Phi) is 4.09. The van der Waals surface area contributed by atoms with Gasteiger partial charge in [-0.3, -0.25) is 0 Å². The second kappa shape index (κ2) is 4.68. The van der Waals surface area contributed by atoms with E-state index in [1.54, 1.807) is 2.78 Å². The van der Waals surface area contributed by atoms with Crippen LogP contribution in [0.2, 0.25) is 0 Å². The van der Waals surface area contributed by atoms with E-state index in [2.05, 4.69) is 30.9 Å². The largest absolute Gasteiger partial charge is 0.464 e. The normalized spacial score (nSPS) is 10.1. The van der Waals surface area contributed by atoms with Crippen LogP contribution in [0.15, 0.2) is 5.16 Å². The van der Waals surface area contributed by atoms with Crippen LogP contribution in [-0.2, 0) is 4.74 Å². The first-order valence-electron chi connectivity index (χ1n) is 3.03. The molecule has 0 aliphatic carbocycles. The zero-order chi connectivity index (χ0) is 10.0. The summed E-state index contributed by atoms with van der Waals surface area (Å²) >= 11 is 4.01. The molecule has 0 aliphatic heterocycles. The van der Waals surface area contributed by atoms with Gasteiger partial charge in [-0.1, -0.05) is 0 Å². The maximum Gasteiger partial charge on any atom is 0.359 e. The van der Waals surface area contributed by atoms with Crippen molar-refractivity contribution in [3.8, 4) is 0 Å². The lowest BCUT2D eigenvalue weighted by Gasteiger charge is -1.99. The molecule has 0 aliphatic rings. The zero-order valence-corrected chi connectivity index (χ0v) is 11.6. The Hall–Kier alpha value is 0.290. The Labute approximate surface area is 105 Å². The van der Waals surface area contributed by atoms with Gasteiger partial charge in [0.2, 0.25) is 0 Å². The smallest absolute Gasteiger partial charge is 0.359 e. The maximum atomic E-state index is 11.2. The Morgan fingerprint density at radius 3 is 2.77 bits per heavy atom. The van der Waals surface area contributed by atoms with Gasteiger partial charge in [0.05, 0.1) is 30.0 Å². The minimum atomic E-state index is -0.476. The van der Waals surface area contributed by atoms with Crippen LogP contribution in [0, 0.1) is 0 Å². The van der Waals surface area contributed by atoms with Gasteiger partial charge in [-0.15, -0.1) is 0 Å². The van der Waals surface area contributed by atoms with Crippen molar-refractivity contribution in [2.45, 2.75) is 5.16 Å². The SMILES string of the molecule is COC(=O)c1c(N)nc(SI)n1I. The number of carbonyl (C=O) groups is 1. The van der Waals surface area contributed by atoms with Crippen molar-refractivity contribution in [3.05, 3.63) is 5.69 Å². The number of imidazole rings is 1. The highest BCUT2D eigenvalue weighted by Gasteiger charge is 2.20. The van der Waals surface area contributed by atoms with E-state index in [0.717, 1.165) is 0 Å². The number of nitrogens with zero attached hydrogens (tertiary/aromatic N) is 2. The minimum absolute atomic E-state index is 0.195. The van der Waals surface area contributed by atoms with E-state index in [0.29, 0.717) is 5.16 Å². The highest BCUT2D eigenvalue weighted by molar-refractivity contribution is 14.2. The molecule has 13 heavy (non-hydrogen) atoms. The van der Waals surface area contributed by atoms with Crippen LogP contribution in [0.5, 0.6) is 0 Å². The molecule has 72 valence electrons. The lowest BCUT2D eigenvalue weighted by atomic mass is 10.4. The first-order valence-corrected chi connectivity index (χ1v) is 7.35. The Balaban J connectivity index is 3.20. The van der Waals surface area contributed by atoms with Crippen LogP contribution in [0.1, 0.15) is 10.5 Å². The molecule has 0 radical (unpaired) electrons.